The van der Waals surface area contributed by atoms with Gasteiger partial charge in [0.15, 0.2) is 10.7 Å². The van der Waals surface area contributed by atoms with Gasteiger partial charge in [0.2, 0.25) is 0 Å². The molecule has 0 radical (unpaired) electrons. The summed E-state index contributed by atoms with van der Waals surface area (Å²) in [6, 6.07) is 0. The van der Waals surface area contributed by atoms with E-state index in [0.29, 0.717) is 0 Å². The van der Waals surface area contributed by atoms with Gasteiger partial charge in [0.25, 0.3) is 0 Å². The van der Waals surface area contributed by atoms with Gasteiger partial charge in [-0.3, -0.25) is 0 Å². The standard InChI is InChI=1S/C2H7O2PS/c1-5(2)6(3)4/h1-2H3,(H,3,4). The predicted molar refractivity (Wildman–Crippen MR) is 29.5 cm³/mol. The molecule has 0 bridgehead atoms. The molecule has 1 unspecified atom stereocenters. The zero-order valence-electron chi connectivity index (χ0n) is 3.71. The van der Waals surface area contributed by atoms with E-state index in [1.54, 1.807) is 13.3 Å². The minimum atomic E-state index is -1.55. The molecule has 1 atom stereocenters. The molecule has 0 saturated heterocycles. The summed E-state index contributed by atoms with van der Waals surface area (Å²) in [7, 11) is -2.18. The van der Waals surface area contributed by atoms with Gasteiger partial charge in [0.1, 0.15) is 0 Å². The van der Waals surface area contributed by atoms with Crippen LogP contribution >= 0.6 is 7.12 Å². The molecule has 0 aromatic heterocycles. The number of hydrogen-bond acceptors (Lipinski definition) is 1. The fourth-order valence-corrected chi connectivity index (χ4v) is 0. The third-order valence-electron chi connectivity index (χ3n) is 0.312. The van der Waals surface area contributed by atoms with Gasteiger partial charge in [0, 0.05) is 7.12 Å². The Morgan fingerprint density at radius 3 is 1.83 bits per heavy atom. The molecule has 0 heterocycles. The minimum Gasteiger partial charge on any atom is -0.303 e. The lowest BCUT2D eigenvalue weighted by Crippen LogP contribution is -1.77. The van der Waals surface area contributed by atoms with Crippen LogP contribution in [0.4, 0.5) is 0 Å². The van der Waals surface area contributed by atoms with Gasteiger partial charge in [-0.1, -0.05) is 0 Å². The largest absolute Gasteiger partial charge is 0.303 e. The highest BCUT2D eigenvalue weighted by molar-refractivity contribution is 8.43. The van der Waals surface area contributed by atoms with E-state index in [1.165, 1.54) is 0 Å². The third kappa shape index (κ3) is 2.76. The Morgan fingerprint density at radius 1 is 1.67 bits per heavy atom. The molecule has 0 aromatic carbocycles. The summed E-state index contributed by atoms with van der Waals surface area (Å²) in [6.45, 7) is 3.51. The average Bonchev–Trinajstić information content (AvgIpc) is 1.36. The zero-order chi connectivity index (χ0) is 5.15. The zero-order valence-corrected chi connectivity index (χ0v) is 5.42. The lowest BCUT2D eigenvalue weighted by Gasteiger charge is -1.91. The van der Waals surface area contributed by atoms with Crippen molar-refractivity contribution in [2.75, 3.05) is 13.3 Å². The maximum atomic E-state index is 9.84. The van der Waals surface area contributed by atoms with Gasteiger partial charge in [-0.25, -0.2) is 4.21 Å². The van der Waals surface area contributed by atoms with Crippen molar-refractivity contribution < 1.29 is 8.76 Å². The predicted octanol–water partition coefficient (Wildman–Crippen LogP) is 0.865. The molecule has 0 rings (SSSR count). The molecule has 0 saturated carbocycles. The Balaban J connectivity index is 3.26. The van der Waals surface area contributed by atoms with Crippen LogP contribution in [0.25, 0.3) is 0 Å². The van der Waals surface area contributed by atoms with Crippen molar-refractivity contribution in [3.05, 3.63) is 0 Å². The molecule has 0 aliphatic rings. The van der Waals surface area contributed by atoms with Crippen molar-refractivity contribution in [2.24, 2.45) is 0 Å². The van der Waals surface area contributed by atoms with Gasteiger partial charge < -0.3 is 4.55 Å². The smallest absolute Gasteiger partial charge is 0.173 e. The monoisotopic (exact) mass is 126 g/mol. The average molecular weight is 126 g/mol. The molecule has 0 aromatic rings. The SMILES string of the molecule is CP(C)S(=O)O. The minimum absolute atomic E-state index is 0.632. The first kappa shape index (κ1) is 6.54. The first-order valence-corrected chi connectivity index (χ1v) is 5.37. The van der Waals surface area contributed by atoms with Crippen molar-refractivity contribution in [3.63, 3.8) is 0 Å². The van der Waals surface area contributed by atoms with E-state index >= 15 is 0 Å². The summed E-state index contributed by atoms with van der Waals surface area (Å²) < 4.78 is 18.0. The van der Waals surface area contributed by atoms with Crippen molar-refractivity contribution in [1.82, 2.24) is 0 Å². The van der Waals surface area contributed by atoms with E-state index in [2.05, 4.69) is 0 Å². The molecular formula is C2H7O2PS. The summed E-state index contributed by atoms with van der Waals surface area (Å²) in [5.74, 6) is 0. The van der Waals surface area contributed by atoms with Crippen molar-refractivity contribution in [1.29, 1.82) is 0 Å². The molecule has 0 aliphatic carbocycles. The highest BCUT2D eigenvalue weighted by Gasteiger charge is 1.94. The lowest BCUT2D eigenvalue weighted by molar-refractivity contribution is 0.580. The van der Waals surface area contributed by atoms with Gasteiger partial charge in [-0.05, 0) is 13.3 Å². The Morgan fingerprint density at radius 2 is 1.83 bits per heavy atom. The topological polar surface area (TPSA) is 37.3 Å². The summed E-state index contributed by atoms with van der Waals surface area (Å²) in [5.41, 5.74) is 0. The van der Waals surface area contributed by atoms with E-state index in [4.69, 9.17) is 4.55 Å². The Hall–Kier alpha value is 0.540. The number of hydrogen-bond donors (Lipinski definition) is 1. The highest BCUT2D eigenvalue weighted by Crippen LogP contribution is 2.27. The molecule has 38 valence electrons. The second-order valence-corrected chi connectivity index (χ2v) is 6.26. The lowest BCUT2D eigenvalue weighted by atomic mass is 11.9. The van der Waals surface area contributed by atoms with Gasteiger partial charge >= 0.3 is 0 Å². The summed E-state index contributed by atoms with van der Waals surface area (Å²) in [5, 5.41) is 0. The van der Waals surface area contributed by atoms with E-state index in [1.807, 2.05) is 0 Å². The maximum Gasteiger partial charge on any atom is 0.173 e. The second-order valence-electron chi connectivity index (χ2n) is 1.04. The molecule has 0 amide bonds. The van der Waals surface area contributed by atoms with E-state index < -0.39 is 17.8 Å². The van der Waals surface area contributed by atoms with Crippen LogP contribution in [0.3, 0.4) is 0 Å². The number of rotatable bonds is 1. The van der Waals surface area contributed by atoms with E-state index in [9.17, 15) is 4.21 Å². The fourth-order valence-electron chi connectivity index (χ4n) is 0. The van der Waals surface area contributed by atoms with Crippen LogP contribution in [0.5, 0.6) is 0 Å². The normalized spacial score (nSPS) is 15.3. The van der Waals surface area contributed by atoms with Crippen molar-refractivity contribution in [2.45, 2.75) is 0 Å². The third-order valence-corrected chi connectivity index (χ3v) is 2.81. The first-order valence-electron chi connectivity index (χ1n) is 1.43. The van der Waals surface area contributed by atoms with Gasteiger partial charge in [0.05, 0.1) is 0 Å². The molecule has 4 heteroatoms. The fraction of sp³-hybridized carbons (Fsp3) is 1.00. The van der Waals surface area contributed by atoms with Crippen LogP contribution in [0, 0.1) is 0 Å². The second kappa shape index (κ2) is 2.67. The summed E-state index contributed by atoms with van der Waals surface area (Å²) in [4.78, 5) is 0. The van der Waals surface area contributed by atoms with E-state index in [-0.39, 0.29) is 0 Å². The maximum absolute atomic E-state index is 9.84. The molecular weight excluding hydrogens is 119 g/mol. The van der Waals surface area contributed by atoms with Gasteiger partial charge in [-0.2, -0.15) is 0 Å². The molecule has 0 aliphatic heterocycles. The molecule has 2 nitrogen and oxygen atoms in total. The molecule has 0 fully saturated rings. The van der Waals surface area contributed by atoms with Crippen LogP contribution in [0.1, 0.15) is 0 Å². The first-order chi connectivity index (χ1) is 2.64. The van der Waals surface area contributed by atoms with E-state index in [0.717, 1.165) is 0 Å². The highest BCUT2D eigenvalue weighted by atomic mass is 32.8. The molecule has 1 N–H and O–H groups in total. The van der Waals surface area contributed by atoms with Crippen molar-refractivity contribution >= 4 is 17.8 Å². The quantitative estimate of drug-likeness (QED) is 0.418. The van der Waals surface area contributed by atoms with Crippen LogP contribution in [0.2, 0.25) is 0 Å². The summed E-state index contributed by atoms with van der Waals surface area (Å²) >= 11 is 0. The van der Waals surface area contributed by atoms with Crippen LogP contribution in [-0.2, 0) is 10.7 Å². The Bertz CT molecular complexity index is 62.6. The van der Waals surface area contributed by atoms with Crippen LogP contribution in [0.15, 0.2) is 0 Å². The summed E-state index contributed by atoms with van der Waals surface area (Å²) in [6.07, 6.45) is 0. The molecule has 0 spiro atoms. The molecule has 6 heavy (non-hydrogen) atoms. The van der Waals surface area contributed by atoms with Crippen molar-refractivity contribution in [3.8, 4) is 0 Å². The Labute approximate surface area is 40.7 Å². The van der Waals surface area contributed by atoms with Gasteiger partial charge in [-0.15, -0.1) is 0 Å². The van der Waals surface area contributed by atoms with Crippen LogP contribution < -0.4 is 0 Å². The Kier molecular flexibility index (Phi) is 2.91. The van der Waals surface area contributed by atoms with Crippen LogP contribution in [-0.4, -0.2) is 22.1 Å².